The van der Waals surface area contributed by atoms with Crippen LogP contribution in [0.25, 0.3) is 11.6 Å². The van der Waals surface area contributed by atoms with Crippen molar-refractivity contribution in [3.63, 3.8) is 0 Å². The number of primary amides is 1. The fourth-order valence-electron chi connectivity index (χ4n) is 5.58. The zero-order chi connectivity index (χ0) is 28.5. The molecule has 2 heterocycles. The van der Waals surface area contributed by atoms with Gasteiger partial charge in [-0.1, -0.05) is 18.2 Å². The van der Waals surface area contributed by atoms with Crippen LogP contribution in [0.15, 0.2) is 48.8 Å². The number of rotatable bonds is 11. The Labute approximate surface area is 232 Å². The first-order chi connectivity index (χ1) is 19.0. The molecule has 2 aliphatic rings. The number of ether oxygens (including phenoxy) is 2. The maximum atomic E-state index is 13.0. The summed E-state index contributed by atoms with van der Waals surface area (Å²) < 4.78 is 13.4. The minimum Gasteiger partial charge on any atom is -0.490 e. The normalized spacial score (nSPS) is 22.2. The van der Waals surface area contributed by atoms with Gasteiger partial charge in [0.1, 0.15) is 18.1 Å². The van der Waals surface area contributed by atoms with Crippen LogP contribution in [0.5, 0.6) is 11.5 Å². The van der Waals surface area contributed by atoms with E-state index >= 15 is 0 Å². The summed E-state index contributed by atoms with van der Waals surface area (Å²) in [5, 5.41) is 26.3. The molecule has 2 aliphatic carbocycles. The molecule has 5 rings (SSSR count). The van der Waals surface area contributed by atoms with E-state index in [9.17, 15) is 14.7 Å². The van der Waals surface area contributed by atoms with E-state index in [0.717, 1.165) is 31.2 Å². The molecule has 2 saturated carbocycles. The van der Waals surface area contributed by atoms with Crippen molar-refractivity contribution in [3.05, 3.63) is 65.5 Å². The van der Waals surface area contributed by atoms with Gasteiger partial charge in [0.2, 0.25) is 0 Å². The third-order valence-electron chi connectivity index (χ3n) is 7.51. The first-order valence-corrected chi connectivity index (χ1v) is 13.6. The number of pyridine rings is 1. The summed E-state index contributed by atoms with van der Waals surface area (Å²) in [4.78, 5) is 24.9. The molecule has 2 fully saturated rings. The lowest BCUT2D eigenvalue weighted by atomic mass is 9.53. The average Bonchev–Trinajstić information content (AvgIpc) is 3.28. The molecule has 40 heavy (non-hydrogen) atoms. The number of nitrogens with zero attached hydrogens (tertiary/aromatic N) is 2. The topological polar surface area (TPSA) is 148 Å². The second kappa shape index (κ2) is 10.9. The van der Waals surface area contributed by atoms with Crippen LogP contribution in [0.2, 0.25) is 0 Å². The maximum Gasteiger partial charge on any atom is 0.255 e. The van der Waals surface area contributed by atoms with E-state index in [0.29, 0.717) is 34.6 Å². The number of fused-ring (bicyclic) bond motifs is 1. The van der Waals surface area contributed by atoms with Crippen molar-refractivity contribution in [1.29, 1.82) is 0 Å². The number of nitrogens with two attached hydrogens (primary N) is 1. The molecular weight excluding hydrogens is 512 g/mol. The highest BCUT2D eigenvalue weighted by Gasteiger charge is 2.54. The number of hydrogen-bond donors (Lipinski definition) is 4. The van der Waals surface area contributed by atoms with Gasteiger partial charge in [0, 0.05) is 12.6 Å². The Kier molecular flexibility index (Phi) is 7.57. The van der Waals surface area contributed by atoms with Gasteiger partial charge >= 0.3 is 0 Å². The Balaban J connectivity index is 1.13. The number of carbonyl (C=O) groups is 2. The number of aromatic nitrogens is 2. The second-order valence-corrected chi connectivity index (χ2v) is 11.6. The van der Waals surface area contributed by atoms with Gasteiger partial charge in [0.05, 0.1) is 40.7 Å². The zero-order valence-electron chi connectivity index (χ0n) is 22.8. The third-order valence-corrected chi connectivity index (χ3v) is 7.51. The van der Waals surface area contributed by atoms with Crippen molar-refractivity contribution in [2.45, 2.75) is 63.7 Å². The molecule has 0 bridgehead atoms. The fourth-order valence-corrected chi connectivity index (χ4v) is 5.58. The predicted octanol–water partition coefficient (Wildman–Crippen LogP) is 3.10. The van der Waals surface area contributed by atoms with Crippen LogP contribution in [0.1, 0.15) is 72.2 Å². The van der Waals surface area contributed by atoms with Crippen molar-refractivity contribution in [1.82, 2.24) is 14.9 Å². The lowest BCUT2D eigenvalue weighted by Gasteiger charge is -2.57. The lowest BCUT2D eigenvalue weighted by Crippen LogP contribution is -2.58. The summed E-state index contributed by atoms with van der Waals surface area (Å²) in [6, 6.07) is 8.91. The quantitative estimate of drug-likeness (QED) is 0.288. The SMILES string of the molecule is CC(C)(O)COc1ccc2c(C(=O)NC3CC4(C3)CC(Oc3cc(C=CCCO)ccc3C(N)=O)C4)cnn2c1. The summed E-state index contributed by atoms with van der Waals surface area (Å²) in [5.74, 6) is 0.334. The summed E-state index contributed by atoms with van der Waals surface area (Å²) >= 11 is 0. The molecule has 3 aromatic rings. The summed E-state index contributed by atoms with van der Waals surface area (Å²) in [5.41, 5.74) is 7.15. The van der Waals surface area contributed by atoms with Crippen molar-refractivity contribution < 1.29 is 29.3 Å². The molecular formula is C30H36N4O6. The number of nitrogens with one attached hydrogen (secondary N) is 1. The minimum atomic E-state index is -0.952. The minimum absolute atomic E-state index is 0.0149. The number of aliphatic hydroxyl groups is 2. The molecule has 0 radical (unpaired) electrons. The Hall–Kier alpha value is -3.89. The lowest BCUT2D eigenvalue weighted by molar-refractivity contribution is -0.0834. The van der Waals surface area contributed by atoms with E-state index in [1.165, 1.54) is 0 Å². The van der Waals surface area contributed by atoms with Crippen molar-refractivity contribution in [2.75, 3.05) is 13.2 Å². The van der Waals surface area contributed by atoms with Gasteiger partial charge < -0.3 is 30.7 Å². The highest BCUT2D eigenvalue weighted by atomic mass is 16.5. The van der Waals surface area contributed by atoms with Crippen molar-refractivity contribution >= 4 is 23.4 Å². The van der Waals surface area contributed by atoms with Gasteiger partial charge in [0.25, 0.3) is 11.8 Å². The van der Waals surface area contributed by atoms with E-state index in [1.807, 2.05) is 18.2 Å². The molecule has 2 aromatic heterocycles. The Bertz CT molecular complexity index is 1430. The molecule has 2 amide bonds. The van der Waals surface area contributed by atoms with Gasteiger partial charge in [-0.2, -0.15) is 5.10 Å². The number of hydrogen-bond acceptors (Lipinski definition) is 7. The summed E-state index contributed by atoms with van der Waals surface area (Å²) in [7, 11) is 0. The Morgan fingerprint density at radius 2 is 1.98 bits per heavy atom. The largest absolute Gasteiger partial charge is 0.490 e. The predicted molar refractivity (Wildman–Crippen MR) is 149 cm³/mol. The molecule has 0 unspecified atom stereocenters. The van der Waals surface area contributed by atoms with Gasteiger partial charge in [-0.25, -0.2) is 4.52 Å². The van der Waals surface area contributed by atoms with Crippen LogP contribution in [-0.4, -0.2) is 62.6 Å². The van der Waals surface area contributed by atoms with E-state index < -0.39 is 11.5 Å². The maximum absolute atomic E-state index is 13.0. The highest BCUT2D eigenvalue weighted by Crippen LogP contribution is 2.57. The number of amides is 2. The first kappa shape index (κ1) is 27.7. The van der Waals surface area contributed by atoms with Crippen LogP contribution in [0.3, 0.4) is 0 Å². The van der Waals surface area contributed by atoms with Crippen LogP contribution < -0.4 is 20.5 Å². The zero-order valence-corrected chi connectivity index (χ0v) is 22.8. The molecule has 10 heteroatoms. The van der Waals surface area contributed by atoms with E-state index in [1.54, 1.807) is 55.0 Å². The molecule has 0 saturated heterocycles. The van der Waals surface area contributed by atoms with E-state index in [2.05, 4.69) is 10.4 Å². The van der Waals surface area contributed by atoms with Crippen LogP contribution >= 0.6 is 0 Å². The van der Waals surface area contributed by atoms with Crippen LogP contribution in [-0.2, 0) is 0 Å². The Morgan fingerprint density at radius 1 is 1.20 bits per heavy atom. The average molecular weight is 549 g/mol. The van der Waals surface area contributed by atoms with E-state index in [-0.39, 0.29) is 36.7 Å². The Morgan fingerprint density at radius 3 is 2.67 bits per heavy atom. The molecule has 10 nitrogen and oxygen atoms in total. The van der Waals surface area contributed by atoms with Gasteiger partial charge in [0.15, 0.2) is 0 Å². The monoisotopic (exact) mass is 548 g/mol. The van der Waals surface area contributed by atoms with Crippen molar-refractivity contribution in [2.24, 2.45) is 11.1 Å². The standard InChI is InChI=1S/C30H36N4O6/c1-29(2,38)18-39-21-7-9-25-24(16-32-34(25)17-21)28(37)33-20-12-30(13-20)14-22(15-30)40-26-11-19(5-3-4-10-35)6-8-23(26)27(31)36/h3,5-9,11,16-17,20,22,35,38H,4,10,12-15,18H2,1-2H3,(H2,31,36)(H,33,37). The number of benzene rings is 1. The molecule has 1 spiro atoms. The summed E-state index contributed by atoms with van der Waals surface area (Å²) in [6.45, 7) is 3.56. The molecule has 5 N–H and O–H groups in total. The molecule has 212 valence electrons. The first-order valence-electron chi connectivity index (χ1n) is 13.6. The third kappa shape index (κ3) is 6.13. The van der Waals surface area contributed by atoms with E-state index in [4.69, 9.17) is 20.3 Å². The molecule has 0 aliphatic heterocycles. The van der Waals surface area contributed by atoms with Gasteiger partial charge in [-0.3, -0.25) is 9.59 Å². The number of carbonyl (C=O) groups excluding carboxylic acids is 2. The van der Waals surface area contributed by atoms with Crippen LogP contribution in [0.4, 0.5) is 0 Å². The second-order valence-electron chi connectivity index (χ2n) is 11.6. The van der Waals surface area contributed by atoms with Crippen LogP contribution in [0, 0.1) is 5.41 Å². The van der Waals surface area contributed by atoms with Crippen molar-refractivity contribution in [3.8, 4) is 11.5 Å². The number of aliphatic hydroxyl groups excluding tert-OH is 1. The highest BCUT2D eigenvalue weighted by molar-refractivity contribution is 6.00. The smallest absolute Gasteiger partial charge is 0.255 e. The van der Waals surface area contributed by atoms with Gasteiger partial charge in [-0.05, 0) is 81.2 Å². The summed E-state index contributed by atoms with van der Waals surface area (Å²) in [6.07, 6.45) is 11.0. The van der Waals surface area contributed by atoms with Gasteiger partial charge in [-0.15, -0.1) is 0 Å². The fraction of sp³-hybridized carbons (Fsp3) is 0.433. The molecule has 1 aromatic carbocycles. The molecule has 0 atom stereocenters.